The predicted octanol–water partition coefficient (Wildman–Crippen LogP) is 0.689. The maximum Gasteiger partial charge on any atom is 0.242 e. The number of carbonyl (C=O) groups excluding carboxylic acids is 3. The molecule has 27 heavy (non-hydrogen) atoms. The van der Waals surface area contributed by atoms with E-state index < -0.39 is 0 Å². The van der Waals surface area contributed by atoms with E-state index in [0.717, 1.165) is 5.56 Å². The number of hydrogen-bond acceptors (Lipinski definition) is 4. The number of hydrogen-bond donors (Lipinski definition) is 1. The van der Waals surface area contributed by atoms with Crippen LogP contribution < -0.4 is 5.32 Å². The van der Waals surface area contributed by atoms with Gasteiger partial charge in [-0.05, 0) is 11.5 Å². The van der Waals surface area contributed by atoms with Crippen molar-refractivity contribution in [3.63, 3.8) is 0 Å². The first-order valence-corrected chi connectivity index (χ1v) is 9.39. The van der Waals surface area contributed by atoms with E-state index in [1.807, 2.05) is 44.2 Å². The monoisotopic (exact) mass is 375 g/mol. The third-order valence-corrected chi connectivity index (χ3v) is 4.27. The molecule has 7 nitrogen and oxygen atoms in total. The van der Waals surface area contributed by atoms with E-state index in [2.05, 4.69) is 5.32 Å². The third kappa shape index (κ3) is 7.38. The number of carbonyl (C=O) groups is 3. The highest BCUT2D eigenvalue weighted by Gasteiger charge is 2.23. The average Bonchev–Trinajstić information content (AvgIpc) is 2.66. The molecule has 0 saturated carbocycles. The number of morpholine rings is 1. The van der Waals surface area contributed by atoms with Gasteiger partial charge in [0.25, 0.3) is 0 Å². The van der Waals surface area contributed by atoms with Gasteiger partial charge in [0.15, 0.2) is 0 Å². The molecule has 1 aliphatic heterocycles. The van der Waals surface area contributed by atoms with Gasteiger partial charge in [-0.1, -0.05) is 44.2 Å². The van der Waals surface area contributed by atoms with Gasteiger partial charge in [0.05, 0.1) is 32.7 Å². The Balaban J connectivity index is 1.85. The van der Waals surface area contributed by atoms with Crippen molar-refractivity contribution in [3.8, 4) is 0 Å². The zero-order valence-corrected chi connectivity index (χ0v) is 16.1. The van der Waals surface area contributed by atoms with Crippen molar-refractivity contribution >= 4 is 17.7 Å². The minimum Gasteiger partial charge on any atom is -0.378 e. The Bertz CT molecular complexity index is 627. The van der Waals surface area contributed by atoms with E-state index in [1.54, 1.807) is 4.90 Å². The van der Waals surface area contributed by atoms with Crippen LogP contribution in [0.3, 0.4) is 0 Å². The number of nitrogens with one attached hydrogen (secondary N) is 1. The first-order valence-electron chi connectivity index (χ1n) is 9.39. The molecule has 1 fully saturated rings. The Labute approximate surface area is 160 Å². The molecule has 0 aromatic heterocycles. The molecule has 1 heterocycles. The summed E-state index contributed by atoms with van der Waals surface area (Å²) in [5.74, 6) is -0.306. The summed E-state index contributed by atoms with van der Waals surface area (Å²) < 4.78 is 5.26. The second kappa shape index (κ2) is 10.7. The minimum atomic E-state index is -0.244. The molecule has 0 aliphatic carbocycles. The summed E-state index contributed by atoms with van der Waals surface area (Å²) in [6.45, 7) is 6.55. The van der Waals surface area contributed by atoms with Crippen LogP contribution in [0.4, 0.5) is 0 Å². The van der Waals surface area contributed by atoms with E-state index in [4.69, 9.17) is 4.74 Å². The van der Waals surface area contributed by atoms with Crippen molar-refractivity contribution in [1.29, 1.82) is 0 Å². The van der Waals surface area contributed by atoms with Crippen LogP contribution in [0.5, 0.6) is 0 Å². The van der Waals surface area contributed by atoms with Crippen LogP contribution in [0.2, 0.25) is 0 Å². The largest absolute Gasteiger partial charge is 0.378 e. The lowest BCUT2D eigenvalue weighted by molar-refractivity contribution is -0.143. The van der Waals surface area contributed by atoms with E-state index in [9.17, 15) is 14.4 Å². The topological polar surface area (TPSA) is 79.0 Å². The molecule has 3 amide bonds. The second-order valence-electron chi connectivity index (χ2n) is 7.10. The first-order chi connectivity index (χ1) is 13.0. The standard InChI is InChI=1S/C20H29N3O4/c1-16(2)14-23(15-20(26)22-8-10-27-11-9-22)19(25)13-21-18(24)12-17-6-4-3-5-7-17/h3-7,16H,8-15H2,1-2H3,(H,21,24). The molecule has 1 aliphatic rings. The minimum absolute atomic E-state index is 0.0333. The second-order valence-corrected chi connectivity index (χ2v) is 7.10. The lowest BCUT2D eigenvalue weighted by atomic mass is 10.1. The van der Waals surface area contributed by atoms with Gasteiger partial charge in [0.1, 0.15) is 0 Å². The number of ether oxygens (including phenoxy) is 1. The maximum atomic E-state index is 12.6. The molecule has 1 saturated heterocycles. The van der Waals surface area contributed by atoms with Crippen LogP contribution in [0.15, 0.2) is 30.3 Å². The summed E-state index contributed by atoms with van der Waals surface area (Å²) in [4.78, 5) is 40.3. The molecule has 0 spiro atoms. The highest BCUT2D eigenvalue weighted by atomic mass is 16.5. The fraction of sp³-hybridized carbons (Fsp3) is 0.550. The zero-order valence-electron chi connectivity index (χ0n) is 16.1. The fourth-order valence-electron chi connectivity index (χ4n) is 2.90. The molecule has 0 atom stereocenters. The van der Waals surface area contributed by atoms with Crippen molar-refractivity contribution in [2.75, 3.05) is 45.9 Å². The summed E-state index contributed by atoms with van der Waals surface area (Å²) >= 11 is 0. The molecule has 1 aromatic rings. The van der Waals surface area contributed by atoms with Gasteiger partial charge in [-0.3, -0.25) is 14.4 Å². The average molecular weight is 375 g/mol. The highest BCUT2D eigenvalue weighted by Crippen LogP contribution is 2.04. The molecule has 7 heteroatoms. The maximum absolute atomic E-state index is 12.6. The Kier molecular flexibility index (Phi) is 8.26. The number of amides is 3. The Hall–Kier alpha value is -2.41. The van der Waals surface area contributed by atoms with Crippen LogP contribution in [-0.4, -0.2) is 73.5 Å². The quantitative estimate of drug-likeness (QED) is 0.725. The van der Waals surface area contributed by atoms with Gasteiger partial charge in [-0.15, -0.1) is 0 Å². The van der Waals surface area contributed by atoms with Gasteiger partial charge >= 0.3 is 0 Å². The summed E-state index contributed by atoms with van der Waals surface area (Å²) in [7, 11) is 0. The smallest absolute Gasteiger partial charge is 0.242 e. The summed E-state index contributed by atoms with van der Waals surface area (Å²) in [6, 6.07) is 9.37. The lowest BCUT2D eigenvalue weighted by Crippen LogP contribution is -2.49. The van der Waals surface area contributed by atoms with Crippen molar-refractivity contribution in [1.82, 2.24) is 15.1 Å². The molecular weight excluding hydrogens is 346 g/mol. The molecule has 0 radical (unpaired) electrons. The van der Waals surface area contributed by atoms with Crippen molar-refractivity contribution in [2.45, 2.75) is 20.3 Å². The summed E-state index contributed by atoms with van der Waals surface area (Å²) in [5, 5.41) is 2.66. The third-order valence-electron chi connectivity index (χ3n) is 4.27. The Morgan fingerprint density at radius 2 is 1.81 bits per heavy atom. The van der Waals surface area contributed by atoms with Crippen LogP contribution >= 0.6 is 0 Å². The molecule has 0 bridgehead atoms. The number of nitrogens with zero attached hydrogens (tertiary/aromatic N) is 2. The van der Waals surface area contributed by atoms with Gasteiger partial charge in [0, 0.05) is 19.6 Å². The van der Waals surface area contributed by atoms with Crippen LogP contribution in [0.1, 0.15) is 19.4 Å². The van der Waals surface area contributed by atoms with Gasteiger partial charge < -0.3 is 19.9 Å². The first kappa shape index (κ1) is 20.9. The van der Waals surface area contributed by atoms with E-state index in [0.29, 0.717) is 32.8 Å². The molecule has 2 rings (SSSR count). The van der Waals surface area contributed by atoms with E-state index in [1.165, 1.54) is 4.90 Å². The van der Waals surface area contributed by atoms with Crippen LogP contribution in [0.25, 0.3) is 0 Å². The van der Waals surface area contributed by atoms with Crippen molar-refractivity contribution < 1.29 is 19.1 Å². The van der Waals surface area contributed by atoms with Gasteiger partial charge in [-0.2, -0.15) is 0 Å². The summed E-state index contributed by atoms with van der Waals surface area (Å²) in [5.41, 5.74) is 0.893. The van der Waals surface area contributed by atoms with Gasteiger partial charge in [0.2, 0.25) is 17.7 Å². The Morgan fingerprint density at radius 3 is 2.44 bits per heavy atom. The SMILES string of the molecule is CC(C)CN(CC(=O)N1CCOCC1)C(=O)CNC(=O)Cc1ccccc1. The number of rotatable bonds is 8. The van der Waals surface area contributed by atoms with E-state index in [-0.39, 0.29) is 43.1 Å². The predicted molar refractivity (Wildman–Crippen MR) is 102 cm³/mol. The lowest BCUT2D eigenvalue weighted by Gasteiger charge is -2.30. The van der Waals surface area contributed by atoms with Crippen LogP contribution in [0, 0.1) is 5.92 Å². The normalized spacial score (nSPS) is 14.1. The molecular formula is C20H29N3O4. The van der Waals surface area contributed by atoms with Gasteiger partial charge in [-0.25, -0.2) is 0 Å². The highest BCUT2D eigenvalue weighted by molar-refractivity contribution is 5.88. The Morgan fingerprint density at radius 1 is 1.15 bits per heavy atom. The van der Waals surface area contributed by atoms with Crippen molar-refractivity contribution in [2.24, 2.45) is 5.92 Å². The molecule has 1 aromatic carbocycles. The zero-order chi connectivity index (χ0) is 19.6. The molecule has 1 N–H and O–H groups in total. The van der Waals surface area contributed by atoms with Crippen LogP contribution in [-0.2, 0) is 25.5 Å². The van der Waals surface area contributed by atoms with E-state index >= 15 is 0 Å². The molecule has 148 valence electrons. The summed E-state index contributed by atoms with van der Waals surface area (Å²) in [6.07, 6.45) is 0.227. The fourth-order valence-corrected chi connectivity index (χ4v) is 2.90. The molecule has 0 unspecified atom stereocenters. The number of benzene rings is 1. The van der Waals surface area contributed by atoms with Crippen molar-refractivity contribution in [3.05, 3.63) is 35.9 Å².